The molecule has 4 nitrogen and oxygen atoms in total. The maximum absolute atomic E-state index is 13.9. The first-order chi connectivity index (χ1) is 35.0. The molecular formula is C67H46N2O2. The van der Waals surface area contributed by atoms with Crippen LogP contribution in [0, 0.1) is 0 Å². The van der Waals surface area contributed by atoms with E-state index in [0.717, 1.165) is 111 Å². The lowest BCUT2D eigenvalue weighted by molar-refractivity contribution is 0.0980. The highest BCUT2D eigenvalue weighted by Gasteiger charge is 2.19. The van der Waals surface area contributed by atoms with Gasteiger partial charge in [0.05, 0.1) is 28.0 Å². The van der Waals surface area contributed by atoms with Crippen molar-refractivity contribution < 1.29 is 9.90 Å². The molecule has 0 saturated carbocycles. The molecule has 0 aliphatic carbocycles. The van der Waals surface area contributed by atoms with Crippen LogP contribution in [0.15, 0.2) is 249 Å². The zero-order chi connectivity index (χ0) is 47.7. The number of phenolic OH excluding ortho intramolecular Hbond substituents is 1. The highest BCUT2D eigenvalue weighted by atomic mass is 16.3. The number of hydrogen-bond donors (Lipinski definition) is 1. The number of ketones is 1. The quantitative estimate of drug-likeness (QED) is 0.131. The van der Waals surface area contributed by atoms with Crippen molar-refractivity contribution in [1.29, 1.82) is 0 Å². The van der Waals surface area contributed by atoms with Crippen LogP contribution in [0.25, 0.3) is 111 Å². The zero-order valence-electron chi connectivity index (χ0n) is 38.8. The molecule has 12 rings (SSSR count). The standard InChI is InChI=1S/C67H46N2O2/c70-66(61-37-33-45-14-2-6-22-60(45)67(61)71)40-36-44-13-1-5-17-55(44)52-41-53(58-20-9-7-18-56(58)46-25-29-50(30-26-46)64-38-34-48-15-3-11-23-62(48)68-64)43-54(42-52)59-21-10-8-19-57(59)47-27-31-51(32-28-47)65-39-35-49-16-4-12-24-63(49)69-65/h1-35,37-39,41-43,71H,36,40H2. The van der Waals surface area contributed by atoms with Gasteiger partial charge in [-0.2, -0.15) is 0 Å². The maximum atomic E-state index is 13.9. The predicted molar refractivity (Wildman–Crippen MR) is 293 cm³/mol. The van der Waals surface area contributed by atoms with Crippen molar-refractivity contribution in [2.45, 2.75) is 12.8 Å². The first-order valence-corrected chi connectivity index (χ1v) is 24.1. The van der Waals surface area contributed by atoms with Gasteiger partial charge in [0, 0.05) is 33.7 Å². The average Bonchev–Trinajstić information content (AvgIpc) is 3.44. The third-order valence-corrected chi connectivity index (χ3v) is 13.7. The SMILES string of the molecule is O=C(CCc1ccccc1-c1cc(-c2ccccc2-c2ccc(-c3ccc4ccccc4n3)cc2)cc(-c2ccccc2-c2ccc(-c3ccc4ccccc4n3)cc2)c1)c1ccc2ccccc2c1O. The van der Waals surface area contributed by atoms with Crippen LogP contribution in [-0.2, 0) is 6.42 Å². The number of hydrogen-bond acceptors (Lipinski definition) is 4. The molecule has 71 heavy (non-hydrogen) atoms. The number of aromatic hydroxyl groups is 1. The molecule has 0 atom stereocenters. The van der Waals surface area contributed by atoms with Crippen LogP contribution in [0.5, 0.6) is 5.75 Å². The average molecular weight is 911 g/mol. The normalized spacial score (nSPS) is 11.3. The van der Waals surface area contributed by atoms with Crippen molar-refractivity contribution in [3.63, 3.8) is 0 Å². The van der Waals surface area contributed by atoms with Gasteiger partial charge in [-0.25, -0.2) is 9.97 Å². The monoisotopic (exact) mass is 910 g/mol. The molecule has 0 radical (unpaired) electrons. The number of para-hydroxylation sites is 2. The first kappa shape index (κ1) is 43.1. The van der Waals surface area contributed by atoms with E-state index in [1.807, 2.05) is 60.7 Å². The molecule has 336 valence electrons. The number of fused-ring (bicyclic) bond motifs is 3. The molecular weight excluding hydrogens is 865 g/mol. The van der Waals surface area contributed by atoms with E-state index in [1.165, 1.54) is 0 Å². The van der Waals surface area contributed by atoms with Gasteiger partial charge in [0.2, 0.25) is 0 Å². The van der Waals surface area contributed by atoms with Crippen molar-refractivity contribution in [2.24, 2.45) is 0 Å². The summed E-state index contributed by atoms with van der Waals surface area (Å²) < 4.78 is 0. The van der Waals surface area contributed by atoms with Gasteiger partial charge in [0.15, 0.2) is 5.78 Å². The third-order valence-electron chi connectivity index (χ3n) is 13.7. The summed E-state index contributed by atoms with van der Waals surface area (Å²) in [5, 5.41) is 15.0. The van der Waals surface area contributed by atoms with Crippen molar-refractivity contribution in [3.05, 3.63) is 260 Å². The molecule has 0 bridgehead atoms. The first-order valence-electron chi connectivity index (χ1n) is 24.1. The zero-order valence-corrected chi connectivity index (χ0v) is 38.8. The molecule has 0 aliphatic rings. The number of rotatable bonds is 11. The Hall–Kier alpha value is -9.25. The molecule has 0 amide bonds. The second kappa shape index (κ2) is 18.7. The second-order valence-corrected chi connectivity index (χ2v) is 18.1. The van der Waals surface area contributed by atoms with E-state index in [9.17, 15) is 9.90 Å². The number of Topliss-reactive ketones (excluding diaryl/α,β-unsaturated/α-hetero) is 1. The van der Waals surface area contributed by atoms with Gasteiger partial charge in [0.25, 0.3) is 0 Å². The number of carbonyl (C=O) groups excluding carboxylic acids is 1. The minimum absolute atomic E-state index is 0.0380. The molecule has 1 N–H and O–H groups in total. The molecule has 0 spiro atoms. The van der Waals surface area contributed by atoms with Crippen LogP contribution < -0.4 is 0 Å². The van der Waals surface area contributed by atoms with Gasteiger partial charge in [-0.05, 0) is 122 Å². The Balaban J connectivity index is 0.942. The van der Waals surface area contributed by atoms with E-state index in [2.05, 4.69) is 182 Å². The molecule has 0 fully saturated rings. The molecule has 0 aliphatic heterocycles. The Kier molecular flexibility index (Phi) is 11.3. The van der Waals surface area contributed by atoms with Gasteiger partial charge < -0.3 is 5.11 Å². The Bertz CT molecular complexity index is 3780. The number of benzene rings is 10. The van der Waals surface area contributed by atoms with E-state index in [-0.39, 0.29) is 18.0 Å². The van der Waals surface area contributed by atoms with Crippen LogP contribution in [-0.4, -0.2) is 20.9 Å². The van der Waals surface area contributed by atoms with Gasteiger partial charge >= 0.3 is 0 Å². The maximum Gasteiger partial charge on any atom is 0.166 e. The minimum Gasteiger partial charge on any atom is -0.507 e. The summed E-state index contributed by atoms with van der Waals surface area (Å²) in [6.07, 6.45) is 0.751. The smallest absolute Gasteiger partial charge is 0.166 e. The summed E-state index contributed by atoms with van der Waals surface area (Å²) in [6, 6.07) is 86.1. The second-order valence-electron chi connectivity index (χ2n) is 18.1. The fraction of sp³-hybridized carbons (Fsp3) is 0.0299. The van der Waals surface area contributed by atoms with E-state index in [0.29, 0.717) is 17.4 Å². The lowest BCUT2D eigenvalue weighted by atomic mass is 9.86. The van der Waals surface area contributed by atoms with E-state index < -0.39 is 0 Å². The highest BCUT2D eigenvalue weighted by molar-refractivity contribution is 6.05. The predicted octanol–water partition coefficient (Wildman–Crippen LogP) is 17.1. The Morgan fingerprint density at radius 1 is 0.352 bits per heavy atom. The van der Waals surface area contributed by atoms with E-state index >= 15 is 0 Å². The summed E-state index contributed by atoms with van der Waals surface area (Å²) >= 11 is 0. The summed E-state index contributed by atoms with van der Waals surface area (Å²) in [4.78, 5) is 23.8. The van der Waals surface area contributed by atoms with Crippen molar-refractivity contribution in [3.8, 4) is 83.9 Å². The Morgan fingerprint density at radius 3 is 1.28 bits per heavy atom. The molecule has 0 unspecified atom stereocenters. The fourth-order valence-corrected chi connectivity index (χ4v) is 10.0. The van der Waals surface area contributed by atoms with Gasteiger partial charge in [-0.1, -0.05) is 200 Å². The van der Waals surface area contributed by atoms with Gasteiger partial charge in [0.1, 0.15) is 5.75 Å². The number of nitrogens with zero attached hydrogens (tertiary/aromatic N) is 2. The molecule has 12 aromatic rings. The van der Waals surface area contributed by atoms with Crippen LogP contribution in [0.1, 0.15) is 22.3 Å². The largest absolute Gasteiger partial charge is 0.507 e. The molecule has 10 aromatic carbocycles. The van der Waals surface area contributed by atoms with Crippen LogP contribution >= 0.6 is 0 Å². The summed E-state index contributed by atoms with van der Waals surface area (Å²) in [5.74, 6) is -0.0544. The van der Waals surface area contributed by atoms with Gasteiger partial charge in [-0.15, -0.1) is 0 Å². The summed E-state index contributed by atoms with van der Waals surface area (Å²) in [5.41, 5.74) is 18.3. The van der Waals surface area contributed by atoms with Crippen LogP contribution in [0.4, 0.5) is 0 Å². The summed E-state index contributed by atoms with van der Waals surface area (Å²) in [6.45, 7) is 0. The molecule has 2 heterocycles. The van der Waals surface area contributed by atoms with E-state index in [1.54, 1.807) is 6.07 Å². The fourth-order valence-electron chi connectivity index (χ4n) is 10.0. The number of aryl methyl sites for hydroxylation is 1. The van der Waals surface area contributed by atoms with Crippen LogP contribution in [0.3, 0.4) is 0 Å². The number of carbonyl (C=O) groups is 1. The molecule has 2 aromatic heterocycles. The van der Waals surface area contributed by atoms with Crippen LogP contribution in [0.2, 0.25) is 0 Å². The number of phenols is 1. The van der Waals surface area contributed by atoms with Crippen molar-refractivity contribution in [1.82, 2.24) is 9.97 Å². The van der Waals surface area contributed by atoms with E-state index in [4.69, 9.17) is 9.97 Å². The van der Waals surface area contributed by atoms with Gasteiger partial charge in [-0.3, -0.25) is 4.79 Å². The Morgan fingerprint density at radius 2 is 0.746 bits per heavy atom. The van der Waals surface area contributed by atoms with Crippen molar-refractivity contribution in [2.75, 3.05) is 0 Å². The minimum atomic E-state index is -0.0924. The number of aromatic nitrogens is 2. The van der Waals surface area contributed by atoms with Crippen molar-refractivity contribution >= 4 is 38.4 Å². The lowest BCUT2D eigenvalue weighted by Crippen LogP contribution is -2.03. The molecule has 4 heteroatoms. The molecule has 0 saturated heterocycles. The summed E-state index contributed by atoms with van der Waals surface area (Å²) in [7, 11) is 0. The topological polar surface area (TPSA) is 63.1 Å². The highest BCUT2D eigenvalue weighted by Crippen LogP contribution is 2.42. The number of pyridine rings is 2. The third kappa shape index (κ3) is 8.53. The lowest BCUT2D eigenvalue weighted by Gasteiger charge is -2.18. The Labute approximate surface area is 412 Å².